The molecule has 0 aromatic carbocycles. The van der Waals surface area contributed by atoms with Crippen molar-refractivity contribution in [1.82, 2.24) is 15.1 Å². The number of aliphatic hydroxyl groups is 1. The third-order valence-corrected chi connectivity index (χ3v) is 4.39. The molecule has 4 heteroatoms. The van der Waals surface area contributed by atoms with Gasteiger partial charge in [0, 0.05) is 11.6 Å². The van der Waals surface area contributed by atoms with E-state index in [-0.39, 0.29) is 12.1 Å². The number of aliphatic hydroxyl groups excluding tert-OH is 1. The fourth-order valence-corrected chi connectivity index (χ4v) is 3.05. The van der Waals surface area contributed by atoms with E-state index in [4.69, 9.17) is 0 Å². The zero-order chi connectivity index (χ0) is 13.6. The summed E-state index contributed by atoms with van der Waals surface area (Å²) >= 11 is 0. The summed E-state index contributed by atoms with van der Waals surface area (Å²) in [6.07, 6.45) is 4.60. The summed E-state index contributed by atoms with van der Waals surface area (Å²) in [5, 5.41) is 12.9. The molecule has 0 radical (unpaired) electrons. The van der Waals surface area contributed by atoms with Gasteiger partial charge in [0.15, 0.2) is 0 Å². The maximum Gasteiger partial charge on any atom is 0.0613 e. The van der Waals surface area contributed by atoms with Gasteiger partial charge in [-0.15, -0.1) is 0 Å². The van der Waals surface area contributed by atoms with Gasteiger partial charge in [-0.25, -0.2) is 0 Å². The Morgan fingerprint density at radius 2 is 2.06 bits per heavy atom. The van der Waals surface area contributed by atoms with Crippen molar-refractivity contribution < 1.29 is 5.11 Å². The van der Waals surface area contributed by atoms with Gasteiger partial charge < -0.3 is 20.2 Å². The molecule has 108 valence electrons. The second-order valence-corrected chi connectivity index (χ2v) is 5.87. The van der Waals surface area contributed by atoms with Crippen molar-refractivity contribution in [3.63, 3.8) is 0 Å². The molecule has 18 heavy (non-hydrogen) atoms. The number of nitrogens with zero attached hydrogens (tertiary/aromatic N) is 2. The van der Waals surface area contributed by atoms with Gasteiger partial charge in [-0.2, -0.15) is 0 Å². The maximum atomic E-state index is 9.55. The third kappa shape index (κ3) is 4.19. The predicted molar refractivity (Wildman–Crippen MR) is 76.9 cm³/mol. The van der Waals surface area contributed by atoms with Gasteiger partial charge in [0.05, 0.1) is 6.61 Å². The summed E-state index contributed by atoms with van der Waals surface area (Å²) in [7, 11) is 6.23. The zero-order valence-corrected chi connectivity index (χ0v) is 12.6. The Balaban J connectivity index is 2.42. The molecular weight excluding hydrogens is 226 g/mol. The van der Waals surface area contributed by atoms with E-state index in [1.165, 1.54) is 19.4 Å². The van der Waals surface area contributed by atoms with Gasteiger partial charge in [0.1, 0.15) is 0 Å². The van der Waals surface area contributed by atoms with Crippen LogP contribution >= 0.6 is 0 Å². The van der Waals surface area contributed by atoms with Gasteiger partial charge in [-0.05, 0) is 66.5 Å². The Morgan fingerprint density at radius 3 is 2.50 bits per heavy atom. The monoisotopic (exact) mass is 257 g/mol. The van der Waals surface area contributed by atoms with Crippen LogP contribution in [0.5, 0.6) is 0 Å². The molecule has 2 atom stereocenters. The summed E-state index contributed by atoms with van der Waals surface area (Å²) in [5.74, 6) is 0. The van der Waals surface area contributed by atoms with Crippen molar-refractivity contribution >= 4 is 0 Å². The molecule has 0 aliphatic heterocycles. The minimum atomic E-state index is -0.0281. The Morgan fingerprint density at radius 1 is 1.33 bits per heavy atom. The molecule has 2 N–H and O–H groups in total. The van der Waals surface area contributed by atoms with Crippen molar-refractivity contribution in [2.45, 2.75) is 44.2 Å². The summed E-state index contributed by atoms with van der Waals surface area (Å²) in [6.45, 7) is 5.94. The third-order valence-electron chi connectivity index (χ3n) is 4.39. The molecule has 0 heterocycles. The van der Waals surface area contributed by atoms with Crippen LogP contribution in [0.25, 0.3) is 0 Å². The lowest BCUT2D eigenvalue weighted by Gasteiger charge is -2.31. The van der Waals surface area contributed by atoms with E-state index in [0.29, 0.717) is 6.04 Å². The van der Waals surface area contributed by atoms with Gasteiger partial charge in [0.25, 0.3) is 0 Å². The van der Waals surface area contributed by atoms with Crippen LogP contribution in [0.15, 0.2) is 0 Å². The fraction of sp³-hybridized carbons (Fsp3) is 1.00. The van der Waals surface area contributed by atoms with Gasteiger partial charge in [0.2, 0.25) is 0 Å². The molecule has 4 nitrogen and oxygen atoms in total. The van der Waals surface area contributed by atoms with Gasteiger partial charge in [-0.3, -0.25) is 0 Å². The van der Waals surface area contributed by atoms with E-state index < -0.39 is 0 Å². The van der Waals surface area contributed by atoms with Crippen molar-refractivity contribution in [3.05, 3.63) is 0 Å². The Labute approximate surface area is 112 Å². The predicted octanol–water partition coefficient (Wildman–Crippen LogP) is 0.763. The normalized spacial score (nSPS) is 28.5. The minimum absolute atomic E-state index is 0.0281. The topological polar surface area (TPSA) is 38.7 Å². The largest absolute Gasteiger partial charge is 0.394 e. The molecule has 0 bridgehead atoms. The molecule has 0 aromatic heterocycles. The molecule has 0 spiro atoms. The van der Waals surface area contributed by atoms with E-state index in [0.717, 1.165) is 25.9 Å². The fourth-order valence-electron chi connectivity index (χ4n) is 3.05. The van der Waals surface area contributed by atoms with E-state index in [9.17, 15) is 5.11 Å². The lowest BCUT2D eigenvalue weighted by atomic mass is 9.99. The summed E-state index contributed by atoms with van der Waals surface area (Å²) in [4.78, 5) is 4.83. The highest BCUT2D eigenvalue weighted by Crippen LogP contribution is 2.32. The van der Waals surface area contributed by atoms with E-state index in [1.54, 1.807) is 0 Å². The summed E-state index contributed by atoms with van der Waals surface area (Å²) in [5.41, 5.74) is -0.0281. The van der Waals surface area contributed by atoms with Crippen LogP contribution in [0.2, 0.25) is 0 Å². The van der Waals surface area contributed by atoms with Crippen LogP contribution in [0, 0.1) is 0 Å². The van der Waals surface area contributed by atoms with Crippen LogP contribution in [-0.4, -0.2) is 73.9 Å². The first kappa shape index (κ1) is 15.9. The highest BCUT2D eigenvalue weighted by molar-refractivity contribution is 4.98. The highest BCUT2D eigenvalue weighted by atomic mass is 16.3. The van der Waals surface area contributed by atoms with Crippen LogP contribution < -0.4 is 5.32 Å². The van der Waals surface area contributed by atoms with Crippen molar-refractivity contribution in [2.24, 2.45) is 0 Å². The number of rotatable bonds is 8. The van der Waals surface area contributed by atoms with E-state index in [2.05, 4.69) is 36.1 Å². The highest BCUT2D eigenvalue weighted by Gasteiger charge is 2.39. The van der Waals surface area contributed by atoms with Crippen molar-refractivity contribution in [2.75, 3.05) is 47.4 Å². The van der Waals surface area contributed by atoms with E-state index in [1.807, 2.05) is 7.05 Å². The Kier molecular flexibility index (Phi) is 6.57. The maximum absolute atomic E-state index is 9.55. The standard InChI is InChI=1S/C14H31N3O/c1-5-17(10-6-9-16(3)4)13-7-8-14(11-13,12-18)15-2/h13,15,18H,5-12H2,1-4H3. The van der Waals surface area contributed by atoms with Crippen LogP contribution in [-0.2, 0) is 0 Å². The lowest BCUT2D eigenvalue weighted by molar-refractivity contribution is 0.148. The average molecular weight is 257 g/mol. The molecular formula is C14H31N3O. The molecule has 0 saturated heterocycles. The first-order valence-corrected chi connectivity index (χ1v) is 7.25. The molecule has 2 unspecified atom stereocenters. The summed E-state index contributed by atoms with van der Waals surface area (Å²) in [6, 6.07) is 0.636. The van der Waals surface area contributed by atoms with E-state index >= 15 is 0 Å². The molecule has 1 aliphatic carbocycles. The lowest BCUT2D eigenvalue weighted by Crippen LogP contribution is -2.46. The second-order valence-electron chi connectivity index (χ2n) is 5.87. The smallest absolute Gasteiger partial charge is 0.0613 e. The van der Waals surface area contributed by atoms with Crippen LogP contribution in [0.1, 0.15) is 32.6 Å². The SMILES string of the molecule is CCN(CCCN(C)C)C1CCC(CO)(NC)C1. The number of hydrogen-bond donors (Lipinski definition) is 2. The summed E-state index contributed by atoms with van der Waals surface area (Å²) < 4.78 is 0. The molecule has 1 saturated carbocycles. The zero-order valence-electron chi connectivity index (χ0n) is 12.6. The van der Waals surface area contributed by atoms with Crippen LogP contribution in [0.4, 0.5) is 0 Å². The molecule has 0 aromatic rings. The Hall–Kier alpha value is -0.160. The van der Waals surface area contributed by atoms with Crippen molar-refractivity contribution in [3.8, 4) is 0 Å². The number of likely N-dealkylation sites (N-methyl/N-ethyl adjacent to an activating group) is 1. The van der Waals surface area contributed by atoms with Gasteiger partial charge in [-0.1, -0.05) is 6.92 Å². The van der Waals surface area contributed by atoms with Crippen LogP contribution in [0.3, 0.4) is 0 Å². The molecule has 1 aliphatic rings. The first-order chi connectivity index (χ1) is 8.56. The number of hydrogen-bond acceptors (Lipinski definition) is 4. The first-order valence-electron chi connectivity index (χ1n) is 7.25. The quantitative estimate of drug-likeness (QED) is 0.673. The van der Waals surface area contributed by atoms with Crippen molar-refractivity contribution in [1.29, 1.82) is 0 Å². The Bertz CT molecular complexity index is 229. The number of nitrogens with one attached hydrogen (secondary N) is 1. The van der Waals surface area contributed by atoms with Gasteiger partial charge >= 0.3 is 0 Å². The molecule has 1 fully saturated rings. The molecule has 1 rings (SSSR count). The second kappa shape index (κ2) is 7.43. The minimum Gasteiger partial charge on any atom is -0.394 e. The molecule has 0 amide bonds. The average Bonchev–Trinajstić information content (AvgIpc) is 2.79.